The number of carbonyl (C=O) groups excluding carboxylic acids is 1. The third kappa shape index (κ3) is 7.08. The van der Waals surface area contributed by atoms with Gasteiger partial charge in [-0.1, -0.05) is 66.7 Å². The van der Waals surface area contributed by atoms with Crippen LogP contribution in [0.2, 0.25) is 0 Å². The average molecular weight is 615 g/mol. The van der Waals surface area contributed by atoms with Gasteiger partial charge in [0.2, 0.25) is 0 Å². The van der Waals surface area contributed by atoms with Gasteiger partial charge in [0.15, 0.2) is 0 Å². The highest BCUT2D eigenvalue weighted by molar-refractivity contribution is 5.86. The van der Waals surface area contributed by atoms with Gasteiger partial charge in [0.25, 0.3) is 0 Å². The zero-order chi connectivity index (χ0) is 29.9. The lowest BCUT2D eigenvalue weighted by Crippen LogP contribution is -2.53. The molecule has 3 atom stereocenters. The first-order valence-corrected chi connectivity index (χ1v) is 17.6. The first-order valence-electron chi connectivity index (χ1n) is 17.6. The van der Waals surface area contributed by atoms with E-state index in [-0.39, 0.29) is 24.0 Å². The molecule has 6 heteroatoms. The Labute approximate surface area is 268 Å². The number of fused-ring (bicyclic) bond motifs is 3. The Morgan fingerprint density at radius 1 is 1.02 bits per heavy atom. The van der Waals surface area contributed by atoms with Crippen LogP contribution in [-0.2, 0) is 4.79 Å². The van der Waals surface area contributed by atoms with Crippen LogP contribution in [0.5, 0.6) is 11.5 Å². The number of allylic oxidation sites excluding steroid dienone is 1. The Balaban J connectivity index is 0.00000423. The molecule has 5 nitrogen and oxygen atoms in total. The Kier molecular flexibility index (Phi) is 11.9. The van der Waals surface area contributed by atoms with Crippen LogP contribution < -0.4 is 9.47 Å². The molecule has 0 N–H and O–H groups in total. The number of likely N-dealkylation sites (tertiary alicyclic amines) is 1. The number of hydrogen-bond donors (Lipinski definition) is 0. The summed E-state index contributed by atoms with van der Waals surface area (Å²) in [6.07, 6.45) is 14.4. The molecule has 6 rings (SSSR count). The van der Waals surface area contributed by atoms with Crippen LogP contribution in [0.25, 0.3) is 5.57 Å². The van der Waals surface area contributed by atoms with Crippen molar-refractivity contribution in [2.45, 2.75) is 143 Å². The topological polar surface area (TPSA) is 42.0 Å². The quantitative estimate of drug-likeness (QED) is 0.126. The summed E-state index contributed by atoms with van der Waals surface area (Å²) < 4.78 is 13.5. The molecule has 43 heavy (non-hydrogen) atoms. The molecular formula is C37H59ClN2O3. The minimum Gasteiger partial charge on any atom is -0.480 e. The summed E-state index contributed by atoms with van der Waals surface area (Å²) in [4.78, 5) is 18.6. The molecule has 5 heterocycles. The SMILES string of the molecule is CCCCCC(C)C(C)c1cc(OC(=O)CCCN2CCCCC2C)c2c(c1)OC(CC)(CC)C1=C2C2CCN1CC2.Cl. The zero-order valence-electron chi connectivity index (χ0n) is 28.0. The highest BCUT2D eigenvalue weighted by atomic mass is 35.5. The molecule has 0 aromatic heterocycles. The summed E-state index contributed by atoms with van der Waals surface area (Å²) in [7, 11) is 0. The van der Waals surface area contributed by atoms with E-state index in [1.54, 1.807) is 0 Å². The van der Waals surface area contributed by atoms with Crippen molar-refractivity contribution in [2.24, 2.45) is 11.8 Å². The van der Waals surface area contributed by atoms with E-state index in [2.05, 4.69) is 63.5 Å². The van der Waals surface area contributed by atoms with E-state index in [4.69, 9.17) is 9.47 Å². The molecule has 2 bridgehead atoms. The second-order valence-electron chi connectivity index (χ2n) is 13.9. The van der Waals surface area contributed by atoms with Crippen molar-refractivity contribution >= 4 is 23.9 Å². The Morgan fingerprint density at radius 2 is 1.77 bits per heavy atom. The van der Waals surface area contributed by atoms with E-state index in [0.717, 1.165) is 62.5 Å². The van der Waals surface area contributed by atoms with Gasteiger partial charge in [-0.05, 0) is 106 Å². The van der Waals surface area contributed by atoms with E-state index >= 15 is 0 Å². The molecule has 0 saturated carbocycles. The van der Waals surface area contributed by atoms with Gasteiger partial charge in [0.05, 0.1) is 11.3 Å². The molecular weight excluding hydrogens is 556 g/mol. The molecule has 0 aliphatic carbocycles. The Morgan fingerprint density at radius 3 is 2.44 bits per heavy atom. The zero-order valence-corrected chi connectivity index (χ0v) is 28.8. The van der Waals surface area contributed by atoms with Crippen molar-refractivity contribution in [3.63, 3.8) is 0 Å². The number of piperidine rings is 2. The number of rotatable bonds is 13. The highest BCUT2D eigenvalue weighted by Gasteiger charge is 2.49. The lowest BCUT2D eigenvalue weighted by atomic mass is 9.71. The number of nitrogens with zero attached hydrogens (tertiary/aromatic N) is 2. The molecule has 1 aromatic carbocycles. The molecule has 0 radical (unpaired) electrons. The maximum absolute atomic E-state index is 13.5. The first-order chi connectivity index (χ1) is 20.3. The standard InChI is InChI=1S/C37H58N2O3.ClH/c1-7-10-11-15-26(4)28(6)30-24-31(41-33(40)17-14-21-38-20-13-12-16-27(38)5)35-32(25-30)42-37(8-2,9-3)36-34(35)29-18-22-39(36)23-19-29;/h24-29H,7-23H2,1-6H3;1H. The molecule has 5 aliphatic rings. The minimum absolute atomic E-state index is 0. The molecule has 3 unspecified atom stereocenters. The maximum Gasteiger partial charge on any atom is 0.311 e. The van der Waals surface area contributed by atoms with Crippen LogP contribution in [0.3, 0.4) is 0 Å². The molecule has 1 aromatic rings. The lowest BCUT2D eigenvalue weighted by Gasteiger charge is -2.53. The summed E-state index contributed by atoms with van der Waals surface area (Å²) >= 11 is 0. The second-order valence-corrected chi connectivity index (χ2v) is 13.9. The van der Waals surface area contributed by atoms with E-state index in [1.807, 2.05) is 0 Å². The molecule has 2 saturated heterocycles. The molecule has 0 amide bonds. The molecule has 5 aliphatic heterocycles. The fourth-order valence-electron chi connectivity index (χ4n) is 8.28. The van der Waals surface area contributed by atoms with Crippen molar-refractivity contribution in [3.05, 3.63) is 29.0 Å². The fraction of sp³-hybridized carbons (Fsp3) is 0.757. The summed E-state index contributed by atoms with van der Waals surface area (Å²) in [6, 6.07) is 5.14. The van der Waals surface area contributed by atoms with E-state index in [0.29, 0.717) is 30.2 Å². The Hall–Kier alpha value is -1.72. The van der Waals surface area contributed by atoms with Crippen molar-refractivity contribution in [1.29, 1.82) is 0 Å². The van der Waals surface area contributed by atoms with Gasteiger partial charge >= 0.3 is 5.97 Å². The smallest absolute Gasteiger partial charge is 0.311 e. The monoisotopic (exact) mass is 614 g/mol. The van der Waals surface area contributed by atoms with Crippen LogP contribution >= 0.6 is 12.4 Å². The predicted octanol–water partition coefficient (Wildman–Crippen LogP) is 9.38. The van der Waals surface area contributed by atoms with E-state index in [9.17, 15) is 4.79 Å². The third-order valence-electron chi connectivity index (χ3n) is 11.3. The van der Waals surface area contributed by atoms with Gasteiger partial charge in [0.1, 0.15) is 17.1 Å². The first kappa shape index (κ1) is 34.2. The van der Waals surface area contributed by atoms with Crippen molar-refractivity contribution in [3.8, 4) is 11.5 Å². The van der Waals surface area contributed by atoms with Crippen molar-refractivity contribution in [1.82, 2.24) is 9.80 Å². The van der Waals surface area contributed by atoms with Gasteiger partial charge in [0, 0.05) is 25.6 Å². The summed E-state index contributed by atoms with van der Waals surface area (Å²) in [5.74, 6) is 3.03. The molecule has 242 valence electrons. The normalized spacial score (nSPS) is 22.7. The van der Waals surface area contributed by atoms with Crippen LogP contribution in [-0.4, -0.2) is 53.6 Å². The fourth-order valence-corrected chi connectivity index (χ4v) is 8.28. The molecule has 0 spiro atoms. The van der Waals surface area contributed by atoms with Crippen LogP contribution in [0.1, 0.15) is 142 Å². The number of hydrogen-bond acceptors (Lipinski definition) is 5. The van der Waals surface area contributed by atoms with Gasteiger partial charge in [-0.15, -0.1) is 12.4 Å². The lowest BCUT2D eigenvalue weighted by molar-refractivity contribution is -0.134. The van der Waals surface area contributed by atoms with Gasteiger partial charge < -0.3 is 19.3 Å². The summed E-state index contributed by atoms with van der Waals surface area (Å²) in [5, 5.41) is 0. The van der Waals surface area contributed by atoms with Crippen molar-refractivity contribution in [2.75, 3.05) is 26.2 Å². The molecule has 2 fully saturated rings. The minimum atomic E-state index is -0.303. The van der Waals surface area contributed by atoms with Crippen molar-refractivity contribution < 1.29 is 14.3 Å². The largest absolute Gasteiger partial charge is 0.480 e. The van der Waals surface area contributed by atoms with Gasteiger partial charge in [-0.25, -0.2) is 0 Å². The van der Waals surface area contributed by atoms with Crippen LogP contribution in [0.15, 0.2) is 17.8 Å². The van der Waals surface area contributed by atoms with Gasteiger partial charge in [-0.2, -0.15) is 0 Å². The number of esters is 1. The number of unbranched alkanes of at least 4 members (excludes halogenated alkanes) is 2. The van der Waals surface area contributed by atoms with Crippen LogP contribution in [0, 0.1) is 11.8 Å². The summed E-state index contributed by atoms with van der Waals surface area (Å²) in [5.41, 5.74) is 4.81. The highest BCUT2D eigenvalue weighted by Crippen LogP contribution is 2.56. The predicted molar refractivity (Wildman–Crippen MR) is 180 cm³/mol. The number of benzene rings is 1. The summed E-state index contributed by atoms with van der Waals surface area (Å²) in [6.45, 7) is 18.2. The van der Waals surface area contributed by atoms with E-state index in [1.165, 1.54) is 74.6 Å². The number of ether oxygens (including phenoxy) is 2. The maximum atomic E-state index is 13.5. The van der Waals surface area contributed by atoms with Crippen LogP contribution in [0.4, 0.5) is 0 Å². The average Bonchev–Trinajstić information content (AvgIpc) is 3.01. The number of carbonyl (C=O) groups is 1. The van der Waals surface area contributed by atoms with Gasteiger partial charge in [-0.3, -0.25) is 4.79 Å². The third-order valence-corrected chi connectivity index (χ3v) is 11.3. The van der Waals surface area contributed by atoms with E-state index < -0.39 is 0 Å². The number of halogens is 1. The Bertz CT molecular complexity index is 1120. The second kappa shape index (κ2) is 15.0.